The summed E-state index contributed by atoms with van der Waals surface area (Å²) in [5.41, 5.74) is 0. The van der Waals surface area contributed by atoms with E-state index in [2.05, 4.69) is 5.32 Å². The summed E-state index contributed by atoms with van der Waals surface area (Å²) < 4.78 is 0. The van der Waals surface area contributed by atoms with Crippen molar-refractivity contribution in [2.45, 2.75) is 43.4 Å². The summed E-state index contributed by atoms with van der Waals surface area (Å²) in [4.78, 5) is 24.1. The largest absolute Gasteiger partial charge is 0.481 e. The van der Waals surface area contributed by atoms with E-state index in [1.807, 2.05) is 37.3 Å². The van der Waals surface area contributed by atoms with Gasteiger partial charge in [0.2, 0.25) is 5.91 Å². The first-order valence-electron chi connectivity index (χ1n) is 6.70. The molecule has 1 aromatic rings. The van der Waals surface area contributed by atoms with Crippen LogP contribution in [0.5, 0.6) is 0 Å². The predicted octanol–water partition coefficient (Wildman–Crippen LogP) is 2.78. The Labute approximate surface area is 124 Å². The molecule has 4 nitrogen and oxygen atoms in total. The lowest BCUT2D eigenvalue weighted by Crippen LogP contribution is -2.43. The van der Waals surface area contributed by atoms with Crippen molar-refractivity contribution in [2.75, 3.05) is 0 Å². The van der Waals surface area contributed by atoms with E-state index in [0.29, 0.717) is 6.42 Å². The molecule has 0 bridgehead atoms. The number of thioether (sulfide) groups is 1. The van der Waals surface area contributed by atoms with Gasteiger partial charge in [0.1, 0.15) is 0 Å². The average molecular weight is 295 g/mol. The number of hydrogen-bond acceptors (Lipinski definition) is 3. The first-order valence-corrected chi connectivity index (χ1v) is 7.58. The van der Waals surface area contributed by atoms with Crippen LogP contribution in [0.4, 0.5) is 0 Å². The van der Waals surface area contributed by atoms with Gasteiger partial charge < -0.3 is 10.4 Å². The second-order valence-corrected chi connectivity index (χ2v) is 6.03. The van der Waals surface area contributed by atoms with Crippen LogP contribution in [0.1, 0.15) is 27.2 Å². The molecule has 20 heavy (non-hydrogen) atoms. The SMILES string of the molecule is CCC(Sc1ccccc1)C(=O)NC(C)C(C)C(=O)O. The molecule has 0 aliphatic heterocycles. The summed E-state index contributed by atoms with van der Waals surface area (Å²) in [5, 5.41) is 11.5. The van der Waals surface area contributed by atoms with E-state index >= 15 is 0 Å². The Morgan fingerprint density at radius 2 is 1.85 bits per heavy atom. The maximum absolute atomic E-state index is 12.2. The molecule has 0 saturated heterocycles. The van der Waals surface area contributed by atoms with E-state index in [1.165, 1.54) is 11.8 Å². The second kappa shape index (κ2) is 7.94. The number of carboxylic acids is 1. The van der Waals surface area contributed by atoms with Crippen molar-refractivity contribution in [1.29, 1.82) is 0 Å². The zero-order valence-electron chi connectivity index (χ0n) is 12.0. The molecule has 0 aliphatic rings. The highest BCUT2D eigenvalue weighted by atomic mass is 32.2. The molecule has 1 amide bonds. The van der Waals surface area contributed by atoms with E-state index in [0.717, 1.165) is 4.90 Å². The maximum Gasteiger partial charge on any atom is 0.308 e. The van der Waals surface area contributed by atoms with Crippen LogP contribution in [0, 0.1) is 5.92 Å². The van der Waals surface area contributed by atoms with Gasteiger partial charge in [0.05, 0.1) is 11.2 Å². The van der Waals surface area contributed by atoms with Crippen LogP contribution in [0.25, 0.3) is 0 Å². The number of carboxylic acid groups (broad SMARTS) is 1. The molecular formula is C15H21NO3S. The Morgan fingerprint density at radius 3 is 2.35 bits per heavy atom. The molecule has 0 fully saturated rings. The summed E-state index contributed by atoms with van der Waals surface area (Å²) in [7, 11) is 0. The van der Waals surface area contributed by atoms with Gasteiger partial charge in [-0.2, -0.15) is 0 Å². The van der Waals surface area contributed by atoms with Crippen molar-refractivity contribution in [2.24, 2.45) is 5.92 Å². The van der Waals surface area contributed by atoms with Crippen LogP contribution in [0.3, 0.4) is 0 Å². The van der Waals surface area contributed by atoms with Gasteiger partial charge in [-0.1, -0.05) is 25.1 Å². The molecule has 3 unspecified atom stereocenters. The normalized spacial score (nSPS) is 15.2. The molecule has 110 valence electrons. The minimum absolute atomic E-state index is 0.109. The topological polar surface area (TPSA) is 66.4 Å². The van der Waals surface area contributed by atoms with Gasteiger partial charge in [0.15, 0.2) is 0 Å². The Kier molecular flexibility index (Phi) is 6.58. The lowest BCUT2D eigenvalue weighted by atomic mass is 10.0. The molecule has 0 saturated carbocycles. The molecule has 1 aromatic carbocycles. The standard InChI is InChI=1S/C15H21NO3S/c1-4-13(20-12-8-6-5-7-9-12)14(17)16-11(3)10(2)15(18)19/h5-11,13H,4H2,1-3H3,(H,16,17)(H,18,19). The van der Waals surface area contributed by atoms with Crippen molar-refractivity contribution >= 4 is 23.6 Å². The smallest absolute Gasteiger partial charge is 0.308 e. The molecule has 2 N–H and O–H groups in total. The fraction of sp³-hybridized carbons (Fsp3) is 0.467. The van der Waals surface area contributed by atoms with Crippen molar-refractivity contribution in [3.8, 4) is 0 Å². The number of amides is 1. The van der Waals surface area contributed by atoms with E-state index in [-0.39, 0.29) is 17.2 Å². The zero-order chi connectivity index (χ0) is 15.1. The Morgan fingerprint density at radius 1 is 1.25 bits per heavy atom. The van der Waals surface area contributed by atoms with Crippen LogP contribution in [-0.4, -0.2) is 28.3 Å². The van der Waals surface area contributed by atoms with Crippen LogP contribution in [0.15, 0.2) is 35.2 Å². The summed E-state index contributed by atoms with van der Waals surface area (Å²) in [5.74, 6) is -1.61. The number of carbonyl (C=O) groups excluding carboxylic acids is 1. The Hall–Kier alpha value is -1.49. The van der Waals surface area contributed by atoms with Crippen LogP contribution >= 0.6 is 11.8 Å². The van der Waals surface area contributed by atoms with E-state index in [9.17, 15) is 9.59 Å². The van der Waals surface area contributed by atoms with Crippen molar-refractivity contribution < 1.29 is 14.7 Å². The summed E-state index contributed by atoms with van der Waals surface area (Å²) >= 11 is 1.50. The number of aliphatic carboxylic acids is 1. The average Bonchev–Trinajstić information content (AvgIpc) is 2.44. The molecule has 0 aromatic heterocycles. The fourth-order valence-electron chi connectivity index (χ4n) is 1.64. The molecule has 0 heterocycles. The monoisotopic (exact) mass is 295 g/mol. The molecular weight excluding hydrogens is 274 g/mol. The summed E-state index contributed by atoms with van der Waals surface area (Å²) in [6.45, 7) is 5.26. The van der Waals surface area contributed by atoms with Gasteiger partial charge in [-0.15, -0.1) is 11.8 Å². The quantitative estimate of drug-likeness (QED) is 0.759. The summed E-state index contributed by atoms with van der Waals surface area (Å²) in [6.07, 6.45) is 0.694. The number of carbonyl (C=O) groups is 2. The lowest BCUT2D eigenvalue weighted by Gasteiger charge is -2.21. The van der Waals surface area contributed by atoms with Crippen LogP contribution in [-0.2, 0) is 9.59 Å². The van der Waals surface area contributed by atoms with Gasteiger partial charge in [0, 0.05) is 10.9 Å². The third-order valence-corrected chi connectivity index (χ3v) is 4.57. The lowest BCUT2D eigenvalue weighted by molar-refractivity contribution is -0.142. The van der Waals surface area contributed by atoms with Crippen molar-refractivity contribution in [1.82, 2.24) is 5.32 Å². The molecule has 0 spiro atoms. The van der Waals surface area contributed by atoms with Gasteiger partial charge >= 0.3 is 5.97 Å². The van der Waals surface area contributed by atoms with Gasteiger partial charge in [0.25, 0.3) is 0 Å². The van der Waals surface area contributed by atoms with E-state index in [4.69, 9.17) is 5.11 Å². The molecule has 3 atom stereocenters. The van der Waals surface area contributed by atoms with Crippen LogP contribution in [0.2, 0.25) is 0 Å². The molecule has 5 heteroatoms. The predicted molar refractivity (Wildman–Crippen MR) is 80.8 cm³/mol. The Balaban J connectivity index is 2.61. The van der Waals surface area contributed by atoms with Crippen molar-refractivity contribution in [3.05, 3.63) is 30.3 Å². The van der Waals surface area contributed by atoms with E-state index in [1.54, 1.807) is 13.8 Å². The second-order valence-electron chi connectivity index (χ2n) is 4.75. The summed E-state index contributed by atoms with van der Waals surface area (Å²) in [6, 6.07) is 9.34. The first kappa shape index (κ1) is 16.6. The first-order chi connectivity index (χ1) is 9.45. The number of nitrogens with one attached hydrogen (secondary N) is 1. The number of hydrogen-bond donors (Lipinski definition) is 2. The van der Waals surface area contributed by atoms with Crippen LogP contribution < -0.4 is 5.32 Å². The highest BCUT2D eigenvalue weighted by Gasteiger charge is 2.24. The number of rotatable bonds is 7. The van der Waals surface area contributed by atoms with Gasteiger partial charge in [-0.25, -0.2) is 0 Å². The minimum atomic E-state index is -0.901. The molecule has 0 aliphatic carbocycles. The maximum atomic E-state index is 12.2. The third kappa shape index (κ3) is 4.89. The third-order valence-electron chi connectivity index (χ3n) is 3.19. The minimum Gasteiger partial charge on any atom is -0.481 e. The fourth-order valence-corrected chi connectivity index (χ4v) is 2.63. The highest BCUT2D eigenvalue weighted by molar-refractivity contribution is 8.00. The molecule has 1 rings (SSSR count). The van der Waals surface area contributed by atoms with Crippen molar-refractivity contribution in [3.63, 3.8) is 0 Å². The Bertz CT molecular complexity index is 450. The van der Waals surface area contributed by atoms with E-state index < -0.39 is 11.9 Å². The van der Waals surface area contributed by atoms with Gasteiger partial charge in [-0.05, 0) is 32.4 Å². The number of benzene rings is 1. The zero-order valence-corrected chi connectivity index (χ0v) is 12.8. The van der Waals surface area contributed by atoms with Gasteiger partial charge in [-0.3, -0.25) is 9.59 Å². The highest BCUT2D eigenvalue weighted by Crippen LogP contribution is 2.25. The molecule has 0 radical (unpaired) electrons.